The fourth-order valence-corrected chi connectivity index (χ4v) is 2.36. The summed E-state index contributed by atoms with van der Waals surface area (Å²) < 4.78 is 28.5. The van der Waals surface area contributed by atoms with E-state index in [0.717, 1.165) is 0 Å². The van der Waals surface area contributed by atoms with E-state index in [2.05, 4.69) is 10.1 Å². The van der Waals surface area contributed by atoms with Crippen molar-refractivity contribution in [1.82, 2.24) is 4.90 Å². The molecule has 26 heavy (non-hydrogen) atoms. The number of amides is 2. The van der Waals surface area contributed by atoms with E-state index in [4.69, 9.17) is 23.2 Å². The zero-order valence-electron chi connectivity index (χ0n) is 13.5. The van der Waals surface area contributed by atoms with Crippen LogP contribution in [0.2, 0.25) is 10.0 Å². The van der Waals surface area contributed by atoms with E-state index in [-0.39, 0.29) is 17.9 Å². The van der Waals surface area contributed by atoms with Gasteiger partial charge in [-0.1, -0.05) is 23.2 Å². The molecule has 2 aromatic carbocycles. The van der Waals surface area contributed by atoms with Gasteiger partial charge < -0.3 is 15.0 Å². The minimum Gasteiger partial charge on any atom is -0.435 e. The largest absolute Gasteiger partial charge is 0.435 e. The van der Waals surface area contributed by atoms with E-state index in [0.29, 0.717) is 15.7 Å². The number of ether oxygens (including phenoxy) is 1. The molecule has 0 aromatic heterocycles. The minimum atomic E-state index is -2.94. The molecule has 0 aliphatic rings. The highest BCUT2D eigenvalue weighted by Crippen LogP contribution is 2.25. The number of nitrogens with one attached hydrogen (secondary N) is 1. The summed E-state index contributed by atoms with van der Waals surface area (Å²) in [5, 5.41) is 3.25. The Labute approximate surface area is 158 Å². The molecule has 0 fully saturated rings. The van der Waals surface area contributed by atoms with Crippen molar-refractivity contribution in [2.24, 2.45) is 0 Å². The predicted molar refractivity (Wildman–Crippen MR) is 95.1 cm³/mol. The molecule has 0 radical (unpaired) electrons. The van der Waals surface area contributed by atoms with Crippen LogP contribution in [0.3, 0.4) is 0 Å². The maximum Gasteiger partial charge on any atom is 0.387 e. The molecule has 2 aromatic rings. The number of hydrogen-bond donors (Lipinski definition) is 1. The molecule has 0 atom stereocenters. The van der Waals surface area contributed by atoms with Crippen molar-refractivity contribution in [2.45, 2.75) is 6.61 Å². The monoisotopic (exact) mass is 402 g/mol. The number of benzene rings is 2. The van der Waals surface area contributed by atoms with Crippen LogP contribution in [0.5, 0.6) is 5.75 Å². The fourth-order valence-electron chi connectivity index (χ4n) is 2.06. The Hall–Kier alpha value is -2.38. The van der Waals surface area contributed by atoms with E-state index >= 15 is 0 Å². The zero-order valence-corrected chi connectivity index (χ0v) is 15.0. The molecule has 0 aliphatic carbocycles. The van der Waals surface area contributed by atoms with Crippen molar-refractivity contribution >= 4 is 40.7 Å². The molecule has 0 saturated carbocycles. The topological polar surface area (TPSA) is 58.6 Å². The lowest BCUT2D eigenvalue weighted by molar-refractivity contribution is -0.116. The molecule has 0 spiro atoms. The van der Waals surface area contributed by atoms with Crippen molar-refractivity contribution < 1.29 is 23.1 Å². The van der Waals surface area contributed by atoms with Crippen LogP contribution < -0.4 is 10.1 Å². The fraction of sp³-hybridized carbons (Fsp3) is 0.176. The van der Waals surface area contributed by atoms with Crippen LogP contribution in [0.25, 0.3) is 0 Å². The summed E-state index contributed by atoms with van der Waals surface area (Å²) >= 11 is 11.7. The summed E-state index contributed by atoms with van der Waals surface area (Å²) in [6, 6.07) is 9.80. The highest BCUT2D eigenvalue weighted by molar-refractivity contribution is 6.42. The third-order valence-corrected chi connectivity index (χ3v) is 4.00. The second kappa shape index (κ2) is 8.82. The van der Waals surface area contributed by atoms with Gasteiger partial charge >= 0.3 is 6.61 Å². The van der Waals surface area contributed by atoms with Crippen molar-refractivity contribution in [3.63, 3.8) is 0 Å². The number of alkyl halides is 2. The lowest BCUT2D eigenvalue weighted by Crippen LogP contribution is -2.34. The Morgan fingerprint density at radius 2 is 1.77 bits per heavy atom. The van der Waals surface area contributed by atoms with Gasteiger partial charge in [0, 0.05) is 18.3 Å². The first kappa shape index (κ1) is 19.9. The summed E-state index contributed by atoms with van der Waals surface area (Å²) in [5.74, 6) is -0.939. The first-order chi connectivity index (χ1) is 12.3. The average molecular weight is 403 g/mol. The van der Waals surface area contributed by atoms with Crippen LogP contribution in [-0.2, 0) is 4.79 Å². The van der Waals surface area contributed by atoms with Gasteiger partial charge in [-0.3, -0.25) is 9.59 Å². The first-order valence-corrected chi connectivity index (χ1v) is 8.07. The van der Waals surface area contributed by atoms with Crippen molar-refractivity contribution in [3.8, 4) is 5.75 Å². The van der Waals surface area contributed by atoms with E-state index in [1.165, 1.54) is 48.3 Å². The second-order valence-corrected chi connectivity index (χ2v) is 6.06. The number of rotatable bonds is 6. The average Bonchev–Trinajstić information content (AvgIpc) is 2.57. The molecule has 0 heterocycles. The molecule has 2 rings (SSSR count). The smallest absolute Gasteiger partial charge is 0.387 e. The highest BCUT2D eigenvalue weighted by Gasteiger charge is 2.16. The standard InChI is InChI=1S/C17H14Cl2F2N2O3/c1-23(9-15(24)22-11-4-7-13(18)14(19)8-11)16(25)10-2-5-12(6-3-10)26-17(20)21/h2-8,17H,9H2,1H3,(H,22,24). The number of carbonyl (C=O) groups is 2. The van der Waals surface area contributed by atoms with Gasteiger partial charge in [-0.05, 0) is 42.5 Å². The van der Waals surface area contributed by atoms with Gasteiger partial charge in [0.25, 0.3) is 5.91 Å². The van der Waals surface area contributed by atoms with Gasteiger partial charge in [0.05, 0.1) is 16.6 Å². The van der Waals surface area contributed by atoms with Gasteiger partial charge in [-0.15, -0.1) is 0 Å². The van der Waals surface area contributed by atoms with Gasteiger partial charge in [0.15, 0.2) is 0 Å². The quantitative estimate of drug-likeness (QED) is 0.783. The Balaban J connectivity index is 1.95. The van der Waals surface area contributed by atoms with Crippen LogP contribution >= 0.6 is 23.2 Å². The third-order valence-electron chi connectivity index (χ3n) is 3.26. The Morgan fingerprint density at radius 1 is 1.12 bits per heavy atom. The summed E-state index contributed by atoms with van der Waals surface area (Å²) in [6.07, 6.45) is 0. The Morgan fingerprint density at radius 3 is 2.35 bits per heavy atom. The number of anilines is 1. The Bertz CT molecular complexity index is 801. The van der Waals surface area contributed by atoms with Crippen molar-refractivity contribution in [3.05, 3.63) is 58.1 Å². The molecule has 0 unspecified atom stereocenters. The number of carbonyl (C=O) groups excluding carboxylic acids is 2. The summed E-state index contributed by atoms with van der Waals surface area (Å²) in [6.45, 7) is -3.15. The number of likely N-dealkylation sites (N-methyl/N-ethyl adjacent to an activating group) is 1. The normalized spacial score (nSPS) is 10.5. The molecule has 0 aliphatic heterocycles. The van der Waals surface area contributed by atoms with Crippen LogP contribution in [0, 0.1) is 0 Å². The highest BCUT2D eigenvalue weighted by atomic mass is 35.5. The molecule has 9 heteroatoms. The predicted octanol–water partition coefficient (Wildman–Crippen LogP) is 4.31. The first-order valence-electron chi connectivity index (χ1n) is 7.31. The number of halogens is 4. The molecule has 2 amide bonds. The Kier molecular flexibility index (Phi) is 6.76. The van der Waals surface area contributed by atoms with Crippen LogP contribution in [-0.4, -0.2) is 36.9 Å². The van der Waals surface area contributed by atoms with Crippen LogP contribution in [0.4, 0.5) is 14.5 Å². The van der Waals surface area contributed by atoms with Gasteiger partial charge in [0.2, 0.25) is 5.91 Å². The van der Waals surface area contributed by atoms with Gasteiger partial charge in [-0.2, -0.15) is 8.78 Å². The zero-order chi connectivity index (χ0) is 19.3. The van der Waals surface area contributed by atoms with E-state index in [1.807, 2.05) is 0 Å². The molecule has 138 valence electrons. The summed E-state index contributed by atoms with van der Waals surface area (Å²) in [5.41, 5.74) is 0.676. The van der Waals surface area contributed by atoms with Crippen LogP contribution in [0.1, 0.15) is 10.4 Å². The molecule has 0 saturated heterocycles. The maximum absolute atomic E-state index is 12.3. The van der Waals surface area contributed by atoms with Crippen LogP contribution in [0.15, 0.2) is 42.5 Å². The lowest BCUT2D eigenvalue weighted by atomic mass is 10.2. The summed E-state index contributed by atoms with van der Waals surface area (Å²) in [4.78, 5) is 25.5. The number of nitrogens with zero attached hydrogens (tertiary/aromatic N) is 1. The lowest BCUT2D eigenvalue weighted by Gasteiger charge is -2.17. The van der Waals surface area contributed by atoms with E-state index in [1.54, 1.807) is 6.07 Å². The van der Waals surface area contributed by atoms with Crippen molar-refractivity contribution in [2.75, 3.05) is 18.9 Å². The van der Waals surface area contributed by atoms with Gasteiger partial charge in [0.1, 0.15) is 5.75 Å². The van der Waals surface area contributed by atoms with E-state index < -0.39 is 18.4 Å². The molecular weight excluding hydrogens is 389 g/mol. The van der Waals surface area contributed by atoms with E-state index in [9.17, 15) is 18.4 Å². The number of hydrogen-bond acceptors (Lipinski definition) is 3. The van der Waals surface area contributed by atoms with Gasteiger partial charge in [-0.25, -0.2) is 0 Å². The minimum absolute atomic E-state index is 0.0587. The molecule has 5 nitrogen and oxygen atoms in total. The van der Waals surface area contributed by atoms with Crippen molar-refractivity contribution in [1.29, 1.82) is 0 Å². The third kappa shape index (κ3) is 5.57. The molecule has 1 N–H and O–H groups in total. The maximum atomic E-state index is 12.3. The molecular formula is C17H14Cl2F2N2O3. The SMILES string of the molecule is CN(CC(=O)Nc1ccc(Cl)c(Cl)c1)C(=O)c1ccc(OC(F)F)cc1. The molecule has 0 bridgehead atoms. The second-order valence-electron chi connectivity index (χ2n) is 5.24. The summed E-state index contributed by atoms with van der Waals surface area (Å²) in [7, 11) is 1.44.